The minimum absolute atomic E-state index is 0.187. The molecule has 0 amide bonds. The summed E-state index contributed by atoms with van der Waals surface area (Å²) in [7, 11) is 0. The fourth-order valence-corrected chi connectivity index (χ4v) is 6.25. The summed E-state index contributed by atoms with van der Waals surface area (Å²) in [5, 5.41) is 0. The molecule has 0 aliphatic carbocycles. The Bertz CT molecular complexity index is 799. The second-order valence-corrected chi connectivity index (χ2v) is 12.5. The second-order valence-electron chi connectivity index (χ2n) is 12.5. The van der Waals surface area contributed by atoms with Gasteiger partial charge in [0.05, 0.1) is 12.2 Å². The summed E-state index contributed by atoms with van der Waals surface area (Å²) < 4.78 is 7.35. The smallest absolute Gasteiger partial charge is 0.0836 e. The Hall–Kier alpha value is -1.60. The van der Waals surface area contributed by atoms with Crippen LogP contribution in [0.15, 0.2) is 48.5 Å². The largest absolute Gasteiger partial charge is 0.366 e. The lowest BCUT2D eigenvalue weighted by Crippen LogP contribution is -2.14. The number of ether oxygens (including phenoxy) is 1. The molecule has 41 heavy (non-hydrogen) atoms. The maximum atomic E-state index is 7.35. The van der Waals surface area contributed by atoms with E-state index in [0.717, 1.165) is 12.8 Å². The minimum atomic E-state index is 0.187. The van der Waals surface area contributed by atoms with Gasteiger partial charge in [-0.1, -0.05) is 179 Å². The van der Waals surface area contributed by atoms with Gasteiger partial charge in [-0.25, -0.2) is 0 Å². The van der Waals surface area contributed by atoms with Crippen LogP contribution in [0.5, 0.6) is 0 Å². The average molecular weight is 563 g/mol. The number of rotatable bonds is 26. The van der Waals surface area contributed by atoms with Crippen molar-refractivity contribution in [1.29, 1.82) is 0 Å². The predicted molar refractivity (Wildman–Crippen MR) is 182 cm³/mol. The van der Waals surface area contributed by atoms with Crippen LogP contribution in [0.2, 0.25) is 0 Å². The maximum absolute atomic E-state index is 7.35. The van der Waals surface area contributed by atoms with E-state index in [-0.39, 0.29) is 12.2 Å². The zero-order valence-electron chi connectivity index (χ0n) is 27.7. The van der Waals surface area contributed by atoms with Gasteiger partial charge in [-0.15, -0.1) is 0 Å². The third-order valence-electron chi connectivity index (χ3n) is 8.87. The molecule has 1 heteroatoms. The van der Waals surface area contributed by atoms with Gasteiger partial charge >= 0.3 is 0 Å². The fourth-order valence-electron chi connectivity index (χ4n) is 6.25. The van der Waals surface area contributed by atoms with E-state index in [1.807, 2.05) is 0 Å². The first kappa shape index (κ1) is 35.6. The van der Waals surface area contributed by atoms with Crippen molar-refractivity contribution in [2.45, 2.75) is 181 Å². The van der Waals surface area contributed by atoms with Gasteiger partial charge in [0.1, 0.15) is 0 Å². The average Bonchev–Trinajstić information content (AvgIpc) is 3.00. The van der Waals surface area contributed by atoms with Crippen molar-refractivity contribution in [1.82, 2.24) is 0 Å². The molecule has 0 radical (unpaired) electrons. The highest BCUT2D eigenvalue weighted by atomic mass is 16.5. The van der Waals surface area contributed by atoms with E-state index < -0.39 is 0 Å². The van der Waals surface area contributed by atoms with E-state index >= 15 is 0 Å². The molecule has 0 saturated heterocycles. The Labute approximate surface area is 256 Å². The van der Waals surface area contributed by atoms with Crippen LogP contribution >= 0.6 is 0 Å². The number of aryl methyl sites for hydroxylation is 2. The summed E-state index contributed by atoms with van der Waals surface area (Å²) in [6.45, 7) is 9.23. The predicted octanol–water partition coefficient (Wildman–Crippen LogP) is 13.5. The zero-order chi connectivity index (χ0) is 29.4. The molecule has 2 aromatic carbocycles. The van der Waals surface area contributed by atoms with Gasteiger partial charge in [0.15, 0.2) is 0 Å². The normalized spacial score (nSPS) is 13.0. The van der Waals surface area contributed by atoms with Crippen LogP contribution in [-0.2, 0) is 17.6 Å². The number of benzene rings is 2. The molecule has 1 nitrogen and oxygen atoms in total. The lowest BCUT2D eigenvalue weighted by molar-refractivity contribution is -0.0272. The van der Waals surface area contributed by atoms with Crippen LogP contribution in [0.25, 0.3) is 0 Å². The Morgan fingerprint density at radius 1 is 0.415 bits per heavy atom. The Balaban J connectivity index is 2.23. The van der Waals surface area contributed by atoms with Gasteiger partial charge in [0, 0.05) is 0 Å². The van der Waals surface area contributed by atoms with Crippen molar-refractivity contribution >= 4 is 0 Å². The summed E-state index contributed by atoms with van der Waals surface area (Å²) in [6.07, 6.45) is 28.9. The third kappa shape index (κ3) is 14.9. The Morgan fingerprint density at radius 3 is 1.15 bits per heavy atom. The fraction of sp³-hybridized carbons (Fsp3) is 0.700. The van der Waals surface area contributed by atoms with Crippen molar-refractivity contribution in [3.63, 3.8) is 0 Å². The van der Waals surface area contributed by atoms with E-state index in [0.29, 0.717) is 0 Å². The highest BCUT2D eigenvalue weighted by Crippen LogP contribution is 2.37. The molecule has 2 rings (SSSR count). The first-order valence-electron chi connectivity index (χ1n) is 18.1. The minimum Gasteiger partial charge on any atom is -0.366 e. The summed E-state index contributed by atoms with van der Waals surface area (Å²) in [6, 6.07) is 18.4. The Kier molecular flexibility index (Phi) is 20.8. The molecule has 0 N–H and O–H groups in total. The summed E-state index contributed by atoms with van der Waals surface area (Å²) in [5.41, 5.74) is 5.94. The standard InChI is InChI=1S/C40H66O/c1-5-9-13-15-17-19-21-33-39(37-31-25-23-29-35(37)27-11-7-3)41-40(34-22-20-18-16-14-10-6-2)38-32-26-24-30-36(38)28-12-8-4/h23-26,29-32,39-40H,5-22,27-28,33-34H2,1-4H3. The van der Waals surface area contributed by atoms with Crippen LogP contribution in [0, 0.1) is 0 Å². The van der Waals surface area contributed by atoms with Gasteiger partial charge in [0.2, 0.25) is 0 Å². The molecule has 2 unspecified atom stereocenters. The van der Waals surface area contributed by atoms with Crippen LogP contribution < -0.4 is 0 Å². The van der Waals surface area contributed by atoms with Gasteiger partial charge in [-0.05, 0) is 60.8 Å². The molecule has 0 fully saturated rings. The van der Waals surface area contributed by atoms with Crippen LogP contribution in [0.1, 0.15) is 191 Å². The summed E-state index contributed by atoms with van der Waals surface area (Å²) >= 11 is 0. The lowest BCUT2D eigenvalue weighted by Gasteiger charge is -2.29. The van der Waals surface area contributed by atoms with Crippen molar-refractivity contribution in [2.75, 3.05) is 0 Å². The van der Waals surface area contributed by atoms with Crippen molar-refractivity contribution < 1.29 is 4.74 Å². The van der Waals surface area contributed by atoms with Gasteiger partial charge < -0.3 is 4.74 Å². The summed E-state index contributed by atoms with van der Waals surface area (Å²) in [4.78, 5) is 0. The second kappa shape index (κ2) is 23.9. The maximum Gasteiger partial charge on any atom is 0.0836 e. The molecule has 0 aromatic heterocycles. The van der Waals surface area contributed by atoms with E-state index in [2.05, 4.69) is 76.2 Å². The lowest BCUT2D eigenvalue weighted by atomic mass is 9.92. The highest BCUT2D eigenvalue weighted by molar-refractivity contribution is 5.32. The highest BCUT2D eigenvalue weighted by Gasteiger charge is 2.23. The molecular formula is C40H66O. The molecule has 0 bridgehead atoms. The topological polar surface area (TPSA) is 9.23 Å². The molecule has 0 spiro atoms. The number of unbranched alkanes of at least 4 members (excludes halogenated alkanes) is 14. The molecular weight excluding hydrogens is 496 g/mol. The van der Waals surface area contributed by atoms with Crippen molar-refractivity contribution in [3.8, 4) is 0 Å². The molecule has 0 aliphatic rings. The summed E-state index contributed by atoms with van der Waals surface area (Å²) in [5.74, 6) is 0. The quantitative estimate of drug-likeness (QED) is 0.104. The van der Waals surface area contributed by atoms with Crippen molar-refractivity contribution in [2.24, 2.45) is 0 Å². The monoisotopic (exact) mass is 563 g/mol. The zero-order valence-corrected chi connectivity index (χ0v) is 27.7. The number of hydrogen-bond donors (Lipinski definition) is 0. The first-order chi connectivity index (χ1) is 20.2. The third-order valence-corrected chi connectivity index (χ3v) is 8.87. The van der Waals surface area contributed by atoms with Gasteiger partial charge in [-0.3, -0.25) is 0 Å². The molecule has 232 valence electrons. The SMILES string of the molecule is CCCCCCCCCC(OC(CCCCCCCCC)c1ccccc1CCCC)c1ccccc1CCCC. The molecule has 2 aromatic rings. The molecule has 0 heterocycles. The van der Waals surface area contributed by atoms with Crippen LogP contribution in [0.4, 0.5) is 0 Å². The van der Waals surface area contributed by atoms with E-state index in [1.165, 1.54) is 151 Å². The Morgan fingerprint density at radius 2 is 0.756 bits per heavy atom. The first-order valence-corrected chi connectivity index (χ1v) is 18.1. The molecule has 0 saturated carbocycles. The van der Waals surface area contributed by atoms with Crippen LogP contribution in [0.3, 0.4) is 0 Å². The molecule has 0 aliphatic heterocycles. The van der Waals surface area contributed by atoms with Gasteiger partial charge in [0.25, 0.3) is 0 Å². The van der Waals surface area contributed by atoms with E-state index in [1.54, 1.807) is 0 Å². The number of hydrogen-bond acceptors (Lipinski definition) is 1. The van der Waals surface area contributed by atoms with E-state index in [9.17, 15) is 0 Å². The molecule has 2 atom stereocenters. The van der Waals surface area contributed by atoms with Crippen LogP contribution in [-0.4, -0.2) is 0 Å². The van der Waals surface area contributed by atoms with Gasteiger partial charge in [-0.2, -0.15) is 0 Å². The van der Waals surface area contributed by atoms with Crippen molar-refractivity contribution in [3.05, 3.63) is 70.8 Å². The van der Waals surface area contributed by atoms with E-state index in [4.69, 9.17) is 4.74 Å².